The monoisotopic (exact) mass is 312 g/mol. The zero-order chi connectivity index (χ0) is 9.61. The Morgan fingerprint density at radius 3 is 1.92 bits per heavy atom. The van der Waals surface area contributed by atoms with Crippen LogP contribution in [0.4, 0.5) is 0 Å². The smallest absolute Gasteiger partial charge is 0.309 e. The SMILES string of the molecule is CCCCC(CC)(CC)C(=O)O.[Ce]. The third-order valence-corrected chi connectivity index (χ3v) is 2.82. The molecule has 0 heterocycles. The normalized spacial score (nSPS) is 10.7. The molecule has 0 spiro atoms. The summed E-state index contributed by atoms with van der Waals surface area (Å²) in [6.45, 7) is 6.03. The average Bonchev–Trinajstić information content (AvgIpc) is 2.07. The second-order valence-corrected chi connectivity index (χ2v) is 3.40. The fourth-order valence-corrected chi connectivity index (χ4v) is 1.53. The van der Waals surface area contributed by atoms with E-state index in [0.29, 0.717) is 0 Å². The van der Waals surface area contributed by atoms with E-state index in [1.165, 1.54) is 0 Å². The van der Waals surface area contributed by atoms with Gasteiger partial charge in [-0.2, -0.15) is 0 Å². The number of hydrogen-bond acceptors (Lipinski definition) is 1. The van der Waals surface area contributed by atoms with Crippen LogP contribution in [0.5, 0.6) is 0 Å². The maximum absolute atomic E-state index is 11.0. The largest absolute Gasteiger partial charge is 0.481 e. The van der Waals surface area contributed by atoms with Gasteiger partial charge in [0, 0.05) is 41.7 Å². The predicted molar refractivity (Wildman–Crippen MR) is 50.2 cm³/mol. The van der Waals surface area contributed by atoms with Gasteiger partial charge in [0.15, 0.2) is 0 Å². The number of rotatable bonds is 6. The van der Waals surface area contributed by atoms with Crippen LogP contribution in [0.3, 0.4) is 0 Å². The number of unbranched alkanes of at least 4 members (excludes halogenated alkanes) is 1. The van der Waals surface area contributed by atoms with Gasteiger partial charge >= 0.3 is 5.97 Å². The summed E-state index contributed by atoms with van der Waals surface area (Å²) in [6.07, 6.45) is 4.42. The van der Waals surface area contributed by atoms with Gasteiger partial charge in [-0.25, -0.2) is 0 Å². The molecule has 0 rings (SSSR count). The molecule has 0 saturated carbocycles. The van der Waals surface area contributed by atoms with Gasteiger partial charge in [-0.05, 0) is 19.3 Å². The van der Waals surface area contributed by atoms with Crippen molar-refractivity contribution in [2.24, 2.45) is 5.41 Å². The average molecular weight is 312 g/mol. The number of aliphatic carboxylic acids is 1. The summed E-state index contributed by atoms with van der Waals surface area (Å²) in [4.78, 5) is 11.0. The van der Waals surface area contributed by atoms with Crippen molar-refractivity contribution in [1.29, 1.82) is 0 Å². The maximum Gasteiger partial charge on any atom is 0.309 e. The summed E-state index contributed by atoms with van der Waals surface area (Å²) in [5.74, 6) is -0.624. The molecule has 0 saturated heterocycles. The van der Waals surface area contributed by atoms with E-state index in [0.717, 1.165) is 32.1 Å². The first kappa shape index (κ1) is 16.3. The topological polar surface area (TPSA) is 37.3 Å². The molecule has 2 nitrogen and oxygen atoms in total. The molecule has 0 bridgehead atoms. The third kappa shape index (κ3) is 4.75. The Labute approximate surface area is 115 Å². The first-order valence-corrected chi connectivity index (χ1v) is 4.86. The van der Waals surface area contributed by atoms with Crippen molar-refractivity contribution in [2.75, 3.05) is 0 Å². The van der Waals surface area contributed by atoms with Crippen LogP contribution in [0.15, 0.2) is 0 Å². The Kier molecular flexibility index (Phi) is 10.2. The molecule has 1 N–H and O–H groups in total. The Balaban J connectivity index is 0. The van der Waals surface area contributed by atoms with Crippen LogP contribution in [0.1, 0.15) is 52.9 Å². The van der Waals surface area contributed by atoms with Gasteiger partial charge in [-0.1, -0.05) is 33.6 Å². The van der Waals surface area contributed by atoms with Crippen molar-refractivity contribution in [3.05, 3.63) is 0 Å². The van der Waals surface area contributed by atoms with Crippen molar-refractivity contribution in [2.45, 2.75) is 52.9 Å². The Morgan fingerprint density at radius 1 is 1.23 bits per heavy atom. The van der Waals surface area contributed by atoms with Crippen LogP contribution in [0.25, 0.3) is 0 Å². The summed E-state index contributed by atoms with van der Waals surface area (Å²) < 4.78 is 0. The molecule has 0 amide bonds. The Morgan fingerprint density at radius 2 is 1.69 bits per heavy atom. The zero-order valence-electron chi connectivity index (χ0n) is 8.89. The van der Waals surface area contributed by atoms with Gasteiger partial charge in [0.25, 0.3) is 0 Å². The minimum Gasteiger partial charge on any atom is -0.481 e. The van der Waals surface area contributed by atoms with Crippen LogP contribution in [-0.2, 0) is 4.79 Å². The van der Waals surface area contributed by atoms with Crippen LogP contribution >= 0.6 is 0 Å². The summed E-state index contributed by atoms with van der Waals surface area (Å²) in [5.41, 5.74) is -0.448. The molecule has 76 valence electrons. The minimum atomic E-state index is -0.624. The zero-order valence-corrected chi connectivity index (χ0v) is 12.0. The molecule has 0 aromatic heterocycles. The molecule has 0 aliphatic heterocycles. The van der Waals surface area contributed by atoms with Crippen LogP contribution in [-0.4, -0.2) is 11.1 Å². The third-order valence-electron chi connectivity index (χ3n) is 2.82. The van der Waals surface area contributed by atoms with E-state index in [9.17, 15) is 4.79 Å². The number of carbonyl (C=O) groups is 1. The summed E-state index contributed by atoms with van der Waals surface area (Å²) in [6, 6.07) is 0. The molecule has 0 aromatic rings. The number of carboxylic acids is 1. The van der Waals surface area contributed by atoms with Gasteiger partial charge < -0.3 is 5.11 Å². The molecule has 0 radical (unpaired) electrons. The van der Waals surface area contributed by atoms with E-state index in [1.807, 2.05) is 13.8 Å². The van der Waals surface area contributed by atoms with E-state index >= 15 is 0 Å². The van der Waals surface area contributed by atoms with Gasteiger partial charge in [-0.15, -0.1) is 0 Å². The first-order chi connectivity index (χ1) is 5.63. The van der Waals surface area contributed by atoms with E-state index in [-0.39, 0.29) is 41.7 Å². The molecule has 0 aliphatic carbocycles. The van der Waals surface area contributed by atoms with Crippen LogP contribution < -0.4 is 0 Å². The van der Waals surface area contributed by atoms with Crippen molar-refractivity contribution in [3.8, 4) is 0 Å². The van der Waals surface area contributed by atoms with Gasteiger partial charge in [-0.3, -0.25) is 4.79 Å². The van der Waals surface area contributed by atoms with E-state index in [1.54, 1.807) is 0 Å². The van der Waals surface area contributed by atoms with Crippen molar-refractivity contribution < 1.29 is 51.6 Å². The Hall–Kier alpha value is 0.847. The van der Waals surface area contributed by atoms with E-state index < -0.39 is 11.4 Å². The fourth-order valence-electron chi connectivity index (χ4n) is 1.53. The molecular weight excluding hydrogens is 292 g/mol. The predicted octanol–water partition coefficient (Wildman–Crippen LogP) is 3.07. The molecule has 0 fully saturated rings. The molecule has 0 aliphatic rings. The van der Waals surface area contributed by atoms with Gasteiger partial charge in [0.2, 0.25) is 0 Å². The fraction of sp³-hybridized carbons (Fsp3) is 0.900. The molecule has 0 atom stereocenters. The molecular formula is C10H20CeO2. The molecule has 3 heteroatoms. The quantitative estimate of drug-likeness (QED) is 0.818. The molecule has 0 aromatic carbocycles. The second-order valence-electron chi connectivity index (χ2n) is 3.40. The van der Waals surface area contributed by atoms with Crippen molar-refractivity contribution >= 4 is 5.97 Å². The van der Waals surface area contributed by atoms with E-state index in [4.69, 9.17) is 5.11 Å². The van der Waals surface area contributed by atoms with Crippen molar-refractivity contribution in [1.82, 2.24) is 0 Å². The van der Waals surface area contributed by atoms with Gasteiger partial charge in [0.1, 0.15) is 0 Å². The summed E-state index contributed by atoms with van der Waals surface area (Å²) in [7, 11) is 0. The molecule has 13 heavy (non-hydrogen) atoms. The van der Waals surface area contributed by atoms with Gasteiger partial charge in [0.05, 0.1) is 5.41 Å². The minimum absolute atomic E-state index is 0. The number of hydrogen-bond donors (Lipinski definition) is 1. The van der Waals surface area contributed by atoms with Crippen molar-refractivity contribution in [3.63, 3.8) is 0 Å². The van der Waals surface area contributed by atoms with Crippen LogP contribution in [0, 0.1) is 47.2 Å². The molecule has 0 unspecified atom stereocenters. The second kappa shape index (κ2) is 8.18. The first-order valence-electron chi connectivity index (χ1n) is 4.86. The summed E-state index contributed by atoms with van der Waals surface area (Å²) in [5, 5.41) is 9.05. The summed E-state index contributed by atoms with van der Waals surface area (Å²) >= 11 is 0. The van der Waals surface area contributed by atoms with E-state index in [2.05, 4.69) is 6.92 Å². The maximum atomic E-state index is 11.0. The van der Waals surface area contributed by atoms with Crippen LogP contribution in [0.2, 0.25) is 0 Å². The standard InChI is InChI=1S/C10H20O2.Ce/c1-4-7-8-10(5-2,6-3)9(11)12;/h4-8H2,1-3H3,(H,11,12);. The number of carboxylic acid groups (broad SMARTS) is 1. The Bertz CT molecular complexity index is 142.